The number of halogens is 1. The molecule has 0 spiro atoms. The Morgan fingerprint density at radius 3 is 2.58 bits per heavy atom. The van der Waals surface area contributed by atoms with Crippen molar-refractivity contribution in [3.05, 3.63) is 35.6 Å². The molecular weight excluding hydrogens is 311 g/mol. The summed E-state index contributed by atoms with van der Waals surface area (Å²) < 4.78 is 17.8. The lowest BCUT2D eigenvalue weighted by atomic mass is 10.0. The van der Waals surface area contributed by atoms with Crippen molar-refractivity contribution < 1.29 is 18.7 Å². The normalized spacial score (nSPS) is 19.5. The third-order valence-electron chi connectivity index (χ3n) is 4.42. The second kappa shape index (κ2) is 8.24. The molecule has 1 aromatic rings. The molecule has 1 atom stereocenters. The molecule has 132 valence electrons. The highest BCUT2D eigenvalue weighted by Crippen LogP contribution is 2.21. The largest absolute Gasteiger partial charge is 0.468 e. The Balaban J connectivity index is 2.16. The summed E-state index contributed by atoms with van der Waals surface area (Å²) in [6.07, 6.45) is 0.363. The highest BCUT2D eigenvalue weighted by molar-refractivity contribution is 5.77. The quantitative estimate of drug-likeness (QED) is 0.773. The molecule has 5 nitrogen and oxygen atoms in total. The number of benzene rings is 1. The van der Waals surface area contributed by atoms with Crippen molar-refractivity contribution in [3.8, 4) is 0 Å². The highest BCUT2D eigenvalue weighted by atomic mass is 19.1. The molecule has 0 bridgehead atoms. The molecule has 1 saturated heterocycles. The van der Waals surface area contributed by atoms with E-state index in [9.17, 15) is 14.0 Å². The summed E-state index contributed by atoms with van der Waals surface area (Å²) in [7, 11) is 1.37. The first-order valence-corrected chi connectivity index (χ1v) is 8.23. The average molecular weight is 336 g/mol. The van der Waals surface area contributed by atoms with Gasteiger partial charge in [0.1, 0.15) is 5.82 Å². The third-order valence-corrected chi connectivity index (χ3v) is 4.42. The van der Waals surface area contributed by atoms with Gasteiger partial charge in [-0.15, -0.1) is 0 Å². The number of hydrogen-bond acceptors (Lipinski definition) is 4. The molecule has 1 aromatic carbocycles. The van der Waals surface area contributed by atoms with Crippen LogP contribution in [0.3, 0.4) is 0 Å². The topological polar surface area (TPSA) is 49.9 Å². The molecule has 0 saturated carbocycles. The number of methoxy groups -OCH3 is 1. The van der Waals surface area contributed by atoms with Gasteiger partial charge in [0.05, 0.1) is 13.7 Å². The van der Waals surface area contributed by atoms with Crippen molar-refractivity contribution in [3.63, 3.8) is 0 Å². The summed E-state index contributed by atoms with van der Waals surface area (Å²) in [5, 5.41) is 0. The lowest BCUT2D eigenvalue weighted by molar-refractivity contribution is -0.142. The van der Waals surface area contributed by atoms with Crippen LogP contribution < -0.4 is 0 Å². The lowest BCUT2D eigenvalue weighted by Gasteiger charge is -2.34. The maximum absolute atomic E-state index is 13.1. The fourth-order valence-corrected chi connectivity index (χ4v) is 2.99. The molecule has 6 heteroatoms. The molecule has 0 aliphatic carbocycles. The van der Waals surface area contributed by atoms with Crippen LogP contribution in [-0.2, 0) is 20.9 Å². The van der Waals surface area contributed by atoms with E-state index in [0.29, 0.717) is 26.1 Å². The predicted molar refractivity (Wildman–Crippen MR) is 88.6 cm³/mol. The lowest BCUT2D eigenvalue weighted by Crippen LogP contribution is -2.46. The number of rotatable bonds is 5. The Bertz CT molecular complexity index is 574. The first-order valence-electron chi connectivity index (χ1n) is 8.23. The van der Waals surface area contributed by atoms with Crippen molar-refractivity contribution >= 4 is 11.9 Å². The maximum Gasteiger partial charge on any atom is 0.319 e. The molecule has 24 heavy (non-hydrogen) atoms. The molecule has 0 radical (unpaired) electrons. The smallest absolute Gasteiger partial charge is 0.319 e. The van der Waals surface area contributed by atoms with E-state index in [1.165, 1.54) is 19.2 Å². The minimum absolute atomic E-state index is 0.00490. The maximum atomic E-state index is 13.1. The van der Waals surface area contributed by atoms with Crippen molar-refractivity contribution in [2.45, 2.75) is 32.9 Å². The van der Waals surface area contributed by atoms with Crippen molar-refractivity contribution in [1.29, 1.82) is 0 Å². The zero-order chi connectivity index (χ0) is 17.7. The van der Waals surface area contributed by atoms with Gasteiger partial charge in [-0.2, -0.15) is 0 Å². The Morgan fingerprint density at radius 2 is 2.00 bits per heavy atom. The van der Waals surface area contributed by atoms with E-state index in [1.54, 1.807) is 12.1 Å². The second-order valence-electron chi connectivity index (χ2n) is 6.52. The van der Waals surface area contributed by atoms with Crippen LogP contribution in [0.1, 0.15) is 25.8 Å². The van der Waals surface area contributed by atoms with E-state index in [2.05, 4.69) is 13.8 Å². The number of amides is 1. The fraction of sp³-hybridized carbons (Fsp3) is 0.556. The number of carbonyl (C=O) groups is 2. The summed E-state index contributed by atoms with van der Waals surface area (Å²) in [6, 6.07) is 6.22. The van der Waals surface area contributed by atoms with Crippen LogP contribution in [0.4, 0.5) is 4.39 Å². The highest BCUT2D eigenvalue weighted by Gasteiger charge is 2.32. The van der Waals surface area contributed by atoms with E-state index in [-0.39, 0.29) is 36.2 Å². The molecule has 1 fully saturated rings. The molecule has 0 N–H and O–H groups in total. The molecule has 0 unspecified atom stereocenters. The molecular formula is C18H25FN2O3. The van der Waals surface area contributed by atoms with Gasteiger partial charge in [0.25, 0.3) is 0 Å². The number of carbonyl (C=O) groups excluding carboxylic acids is 2. The van der Waals surface area contributed by atoms with Gasteiger partial charge in [-0.1, -0.05) is 26.0 Å². The number of hydrogen-bond donors (Lipinski definition) is 0. The Morgan fingerprint density at radius 1 is 1.33 bits per heavy atom. The summed E-state index contributed by atoms with van der Waals surface area (Å²) in [5.74, 6) is -0.277. The summed E-state index contributed by atoms with van der Waals surface area (Å²) >= 11 is 0. The first-order chi connectivity index (χ1) is 11.4. The van der Waals surface area contributed by atoms with E-state index in [1.807, 2.05) is 9.80 Å². The number of esters is 1. The van der Waals surface area contributed by atoms with E-state index in [4.69, 9.17) is 4.74 Å². The van der Waals surface area contributed by atoms with Crippen LogP contribution in [0.25, 0.3) is 0 Å². The van der Waals surface area contributed by atoms with Gasteiger partial charge in [0.15, 0.2) is 0 Å². The van der Waals surface area contributed by atoms with Gasteiger partial charge in [0, 0.05) is 32.1 Å². The van der Waals surface area contributed by atoms with Gasteiger partial charge in [-0.3, -0.25) is 14.5 Å². The Hall–Kier alpha value is -1.95. The van der Waals surface area contributed by atoms with Crippen LogP contribution in [0.2, 0.25) is 0 Å². The van der Waals surface area contributed by atoms with Crippen molar-refractivity contribution in [2.75, 3.05) is 26.7 Å². The van der Waals surface area contributed by atoms with Crippen molar-refractivity contribution in [2.24, 2.45) is 5.92 Å². The van der Waals surface area contributed by atoms with Gasteiger partial charge in [-0.25, -0.2) is 4.39 Å². The SMILES string of the molecule is COC(=O)CN1CCC(=O)N(Cc2ccc(F)cc2)[C@@H](C(C)C)C1. The molecule has 1 amide bonds. The number of ether oxygens (including phenoxy) is 1. The fourth-order valence-electron chi connectivity index (χ4n) is 2.99. The second-order valence-corrected chi connectivity index (χ2v) is 6.52. The third kappa shape index (κ3) is 4.77. The number of nitrogens with zero attached hydrogens (tertiary/aromatic N) is 2. The molecule has 1 aliphatic rings. The van der Waals surface area contributed by atoms with Crippen LogP contribution in [0.5, 0.6) is 0 Å². The zero-order valence-corrected chi connectivity index (χ0v) is 14.5. The molecule has 0 aromatic heterocycles. The standard InChI is InChI=1S/C18H25FN2O3/c1-13(2)16-11-20(12-18(23)24-3)9-8-17(22)21(16)10-14-4-6-15(19)7-5-14/h4-7,13,16H,8-12H2,1-3H3/t16-/m1/s1. The molecule has 1 heterocycles. The van der Waals surface area contributed by atoms with Crippen LogP contribution in [0, 0.1) is 11.7 Å². The Labute approximate surface area is 142 Å². The molecule has 1 aliphatic heterocycles. The van der Waals surface area contributed by atoms with Gasteiger partial charge >= 0.3 is 5.97 Å². The Kier molecular flexibility index (Phi) is 6.31. The summed E-state index contributed by atoms with van der Waals surface area (Å²) in [6.45, 7) is 5.94. The minimum atomic E-state index is -0.295. The van der Waals surface area contributed by atoms with Gasteiger partial charge in [-0.05, 0) is 23.6 Å². The van der Waals surface area contributed by atoms with E-state index >= 15 is 0 Å². The average Bonchev–Trinajstić information content (AvgIpc) is 2.70. The van der Waals surface area contributed by atoms with Crippen molar-refractivity contribution in [1.82, 2.24) is 9.80 Å². The van der Waals surface area contributed by atoms with Gasteiger partial charge < -0.3 is 9.64 Å². The monoisotopic (exact) mass is 336 g/mol. The molecule has 2 rings (SSSR count). The first kappa shape index (κ1) is 18.4. The minimum Gasteiger partial charge on any atom is -0.468 e. The summed E-state index contributed by atoms with van der Waals surface area (Å²) in [4.78, 5) is 28.0. The van der Waals surface area contributed by atoms with Crippen LogP contribution in [0.15, 0.2) is 24.3 Å². The van der Waals surface area contributed by atoms with Crippen LogP contribution >= 0.6 is 0 Å². The summed E-state index contributed by atoms with van der Waals surface area (Å²) in [5.41, 5.74) is 0.900. The predicted octanol–water partition coefficient (Wildman–Crippen LogP) is 2.06. The van der Waals surface area contributed by atoms with Gasteiger partial charge in [0.2, 0.25) is 5.91 Å². The van der Waals surface area contributed by atoms with Crippen LogP contribution in [-0.4, -0.2) is 54.5 Å². The van der Waals surface area contributed by atoms with E-state index in [0.717, 1.165) is 5.56 Å². The zero-order valence-electron chi connectivity index (χ0n) is 14.5. The van der Waals surface area contributed by atoms with E-state index < -0.39 is 0 Å².